The topological polar surface area (TPSA) is 184 Å². The van der Waals surface area contributed by atoms with E-state index in [0.29, 0.717) is 36.8 Å². The Morgan fingerprint density at radius 1 is 1.02 bits per heavy atom. The van der Waals surface area contributed by atoms with Crippen LogP contribution < -0.4 is 16.0 Å². The molecular formula is C35H48F2N8O6S. The van der Waals surface area contributed by atoms with E-state index in [1.807, 2.05) is 6.92 Å². The van der Waals surface area contributed by atoms with Crippen LogP contribution >= 0.6 is 11.9 Å². The lowest BCUT2D eigenvalue weighted by Gasteiger charge is -2.36. The van der Waals surface area contributed by atoms with Gasteiger partial charge in [0.05, 0.1) is 31.4 Å². The number of hydrogen-bond acceptors (Lipinski definition) is 11. The van der Waals surface area contributed by atoms with Gasteiger partial charge >= 0.3 is 0 Å². The van der Waals surface area contributed by atoms with Crippen molar-refractivity contribution in [1.29, 1.82) is 0 Å². The number of likely N-dealkylation sites (tertiary alicyclic amines) is 1. The van der Waals surface area contributed by atoms with Crippen LogP contribution in [0.1, 0.15) is 89.3 Å². The molecule has 2 aromatic heterocycles. The van der Waals surface area contributed by atoms with E-state index in [1.54, 1.807) is 46.8 Å². The lowest BCUT2D eigenvalue weighted by Crippen LogP contribution is -2.58. The maximum absolute atomic E-state index is 14.1. The van der Waals surface area contributed by atoms with Gasteiger partial charge in [-0.25, -0.2) is 18.1 Å². The smallest absolute Gasteiger partial charge is 0.289 e. The van der Waals surface area contributed by atoms with Gasteiger partial charge in [-0.3, -0.25) is 38.7 Å². The van der Waals surface area contributed by atoms with E-state index < -0.39 is 89.5 Å². The first kappa shape index (κ1) is 42.0. The molecule has 284 valence electrons. The second-order valence-corrected chi connectivity index (χ2v) is 14.8. The van der Waals surface area contributed by atoms with Crippen LogP contribution in [0.5, 0.6) is 0 Å². The van der Waals surface area contributed by atoms with Crippen LogP contribution in [-0.2, 0) is 24.0 Å². The molecule has 3 rings (SSSR count). The molecule has 2 aromatic rings. The van der Waals surface area contributed by atoms with Gasteiger partial charge in [-0.05, 0) is 55.2 Å². The number of carbonyl (C=O) groups excluding carboxylic acids is 6. The summed E-state index contributed by atoms with van der Waals surface area (Å²) in [6.07, 6.45) is 5.76. The molecule has 52 heavy (non-hydrogen) atoms. The van der Waals surface area contributed by atoms with Crippen LogP contribution in [0.15, 0.2) is 43.1 Å². The maximum atomic E-state index is 14.1. The summed E-state index contributed by atoms with van der Waals surface area (Å²) in [6, 6.07) is -0.760. The second-order valence-electron chi connectivity index (χ2n) is 13.8. The van der Waals surface area contributed by atoms with E-state index in [1.165, 1.54) is 35.9 Å². The van der Waals surface area contributed by atoms with Crippen LogP contribution in [0.4, 0.5) is 8.78 Å². The van der Waals surface area contributed by atoms with Crippen molar-refractivity contribution in [3.05, 3.63) is 54.4 Å². The number of hydrogen-bond donors (Lipinski definition) is 3. The number of aromatic nitrogens is 3. The Kier molecular flexibility index (Phi) is 15.7. The molecule has 0 aliphatic carbocycles. The normalized spacial score (nSPS) is 16.9. The predicted molar refractivity (Wildman–Crippen MR) is 189 cm³/mol. The molecule has 3 N–H and O–H groups in total. The first-order valence-corrected chi connectivity index (χ1v) is 18.0. The van der Waals surface area contributed by atoms with Gasteiger partial charge in [-0.2, -0.15) is 0 Å². The number of nitrogens with zero attached hydrogens (tertiary/aromatic N) is 5. The molecule has 0 saturated carbocycles. The van der Waals surface area contributed by atoms with Crippen LogP contribution in [-0.4, -0.2) is 103 Å². The first-order chi connectivity index (χ1) is 24.5. The first-order valence-electron chi connectivity index (χ1n) is 17.2. The van der Waals surface area contributed by atoms with Crippen molar-refractivity contribution in [2.24, 2.45) is 11.3 Å². The van der Waals surface area contributed by atoms with Gasteiger partial charge < -0.3 is 20.9 Å². The molecule has 1 fully saturated rings. The Bertz CT molecular complexity index is 1550. The number of alkyl halides is 2. The largest absolute Gasteiger partial charge is 0.343 e. The molecule has 0 bridgehead atoms. The molecule has 5 atom stereocenters. The number of halogens is 2. The van der Waals surface area contributed by atoms with Crippen LogP contribution in [0.2, 0.25) is 0 Å². The lowest BCUT2D eigenvalue weighted by atomic mass is 9.85. The molecule has 0 spiro atoms. The molecule has 1 aliphatic rings. The van der Waals surface area contributed by atoms with Crippen molar-refractivity contribution in [1.82, 2.24) is 40.1 Å². The summed E-state index contributed by atoms with van der Waals surface area (Å²) >= 11 is 0.423. The number of pyridine rings is 1. The van der Waals surface area contributed by atoms with Gasteiger partial charge in [0.15, 0.2) is 0 Å². The van der Waals surface area contributed by atoms with E-state index in [2.05, 4.69) is 30.9 Å². The molecule has 3 heterocycles. The fourth-order valence-corrected chi connectivity index (χ4v) is 7.12. The minimum absolute atomic E-state index is 0.00345. The zero-order chi connectivity index (χ0) is 38.6. The van der Waals surface area contributed by atoms with E-state index >= 15 is 0 Å². The summed E-state index contributed by atoms with van der Waals surface area (Å²) in [5.74, 6) is -4.36. The van der Waals surface area contributed by atoms with Gasteiger partial charge in [0, 0.05) is 43.3 Å². The Hall–Kier alpha value is -4.38. The fourth-order valence-electron chi connectivity index (χ4n) is 5.91. The summed E-state index contributed by atoms with van der Waals surface area (Å²) < 4.78 is 29.1. The summed E-state index contributed by atoms with van der Waals surface area (Å²) in [4.78, 5) is 93.2. The highest BCUT2D eigenvalue weighted by Gasteiger charge is 2.44. The van der Waals surface area contributed by atoms with Crippen molar-refractivity contribution in [2.75, 3.05) is 19.6 Å². The highest BCUT2D eigenvalue weighted by Crippen LogP contribution is 2.32. The maximum Gasteiger partial charge on any atom is 0.289 e. The average Bonchev–Trinajstić information content (AvgIpc) is 3.60. The van der Waals surface area contributed by atoms with E-state index in [0.717, 1.165) is 4.31 Å². The SMILES string of the molecule is CCCC(C)C(C(=O)C(=O)N[C@H](C)c1ccncc1)N(CC(F)F)SC(=O)C1CCCN1C(=O)C(NC(=O)CNC(=O)c1cnccn1)C(C)(C)C. The Morgan fingerprint density at radius 3 is 2.31 bits per heavy atom. The van der Waals surface area contributed by atoms with Crippen molar-refractivity contribution in [3.8, 4) is 0 Å². The van der Waals surface area contributed by atoms with Gasteiger partial charge in [-0.15, -0.1) is 0 Å². The third-order valence-electron chi connectivity index (χ3n) is 8.60. The Morgan fingerprint density at radius 2 is 1.71 bits per heavy atom. The highest BCUT2D eigenvalue weighted by atomic mass is 32.2. The Labute approximate surface area is 306 Å². The van der Waals surface area contributed by atoms with E-state index in [9.17, 15) is 37.5 Å². The average molecular weight is 747 g/mol. The van der Waals surface area contributed by atoms with Gasteiger partial charge in [0.1, 0.15) is 17.8 Å². The zero-order valence-corrected chi connectivity index (χ0v) is 31.1. The molecular weight excluding hydrogens is 698 g/mol. The monoisotopic (exact) mass is 746 g/mol. The summed E-state index contributed by atoms with van der Waals surface area (Å²) in [5, 5.41) is 7.09. The molecule has 14 nitrogen and oxygen atoms in total. The summed E-state index contributed by atoms with van der Waals surface area (Å²) in [6.45, 7) is 9.12. The quantitative estimate of drug-likeness (QED) is 0.160. The molecule has 17 heteroatoms. The summed E-state index contributed by atoms with van der Waals surface area (Å²) in [5.41, 5.74) is -0.143. The zero-order valence-electron chi connectivity index (χ0n) is 30.3. The number of nitrogens with one attached hydrogen (secondary N) is 3. The number of ketones is 1. The van der Waals surface area contributed by atoms with Crippen molar-refractivity contribution < 1.29 is 37.5 Å². The molecule has 1 aliphatic heterocycles. The van der Waals surface area contributed by atoms with Gasteiger partial charge in [0.2, 0.25) is 22.7 Å². The van der Waals surface area contributed by atoms with Crippen molar-refractivity contribution >= 4 is 46.5 Å². The molecule has 4 unspecified atom stereocenters. The number of carbonyl (C=O) groups is 6. The fraction of sp³-hybridized carbons (Fsp3) is 0.571. The van der Waals surface area contributed by atoms with Crippen molar-refractivity contribution in [2.45, 2.75) is 97.8 Å². The third-order valence-corrected chi connectivity index (χ3v) is 9.66. The standard InChI is InChI=1S/C35H48F2N8O6S/c1-7-9-21(2)28(29(47)32(49)42-22(3)23-11-13-38-14-12-23)45(20-26(36)37)52-34(51)25-10-8-17-44(25)33(50)30(35(4,5)6)43-27(46)19-41-31(48)24-18-39-15-16-40-24/h11-16,18,21-22,25-26,28,30H,7-10,17,19-20H2,1-6H3,(H,41,48)(H,42,49)(H,43,46)/t21?,22-,25?,28?,30?/m1/s1. The number of Topliss-reactive ketones (excluding diaryl/α,β-unsaturated/α-hetero) is 1. The van der Waals surface area contributed by atoms with Gasteiger partial charge in [-0.1, -0.05) is 41.0 Å². The van der Waals surface area contributed by atoms with Crippen molar-refractivity contribution in [3.63, 3.8) is 0 Å². The Balaban J connectivity index is 1.79. The molecule has 0 radical (unpaired) electrons. The van der Waals surface area contributed by atoms with Crippen LogP contribution in [0.25, 0.3) is 0 Å². The second kappa shape index (κ2) is 19.5. The minimum Gasteiger partial charge on any atom is -0.343 e. The molecule has 1 saturated heterocycles. The predicted octanol–water partition coefficient (Wildman–Crippen LogP) is 3.12. The highest BCUT2D eigenvalue weighted by molar-refractivity contribution is 8.11. The van der Waals surface area contributed by atoms with E-state index in [-0.39, 0.29) is 18.7 Å². The number of rotatable bonds is 17. The molecule has 4 amide bonds. The lowest BCUT2D eigenvalue weighted by molar-refractivity contribution is -0.142. The number of amides is 4. The van der Waals surface area contributed by atoms with Crippen LogP contribution in [0.3, 0.4) is 0 Å². The van der Waals surface area contributed by atoms with E-state index in [4.69, 9.17) is 0 Å². The van der Waals surface area contributed by atoms with Crippen LogP contribution in [0, 0.1) is 11.3 Å². The van der Waals surface area contributed by atoms with Gasteiger partial charge in [0.25, 0.3) is 18.2 Å². The molecule has 0 aromatic carbocycles. The summed E-state index contributed by atoms with van der Waals surface area (Å²) in [7, 11) is 0. The third kappa shape index (κ3) is 11.8. The minimum atomic E-state index is -2.94.